The summed E-state index contributed by atoms with van der Waals surface area (Å²) in [5.41, 5.74) is 1.74. The molecule has 2 amide bonds. The molecule has 5 nitrogen and oxygen atoms in total. The molecule has 1 aromatic heterocycles. The number of hydrogen-bond donors (Lipinski definition) is 1. The minimum absolute atomic E-state index is 0.0546. The molecule has 154 valence electrons. The molecule has 1 unspecified atom stereocenters. The van der Waals surface area contributed by atoms with Crippen molar-refractivity contribution < 1.29 is 9.59 Å². The van der Waals surface area contributed by atoms with Crippen LogP contribution in [0.25, 0.3) is 0 Å². The van der Waals surface area contributed by atoms with Crippen LogP contribution in [0, 0.1) is 6.92 Å². The molecule has 1 saturated heterocycles. The molecule has 1 aliphatic heterocycles. The number of hydrogen-bond acceptors (Lipinski definition) is 4. The monoisotopic (exact) mass is 419 g/mol. The standard InChI is InChI=1S/C24H25N3O2S/c1-18-12-13-21(30-18)24(29)27-16-14-26(15-17-27)22(19-8-4-2-5-9-19)23(28)25-20-10-6-3-7-11-20/h2-13,22H,14-17H2,1H3,(H,25,28). The second kappa shape index (κ2) is 9.24. The van der Waals surface area contributed by atoms with Crippen LogP contribution in [0.15, 0.2) is 72.8 Å². The Morgan fingerprint density at radius 3 is 2.10 bits per heavy atom. The molecule has 0 bridgehead atoms. The molecular weight excluding hydrogens is 394 g/mol. The van der Waals surface area contributed by atoms with Crippen LogP contribution in [0.3, 0.4) is 0 Å². The van der Waals surface area contributed by atoms with Gasteiger partial charge < -0.3 is 10.2 Å². The van der Waals surface area contributed by atoms with Crippen LogP contribution in [0.2, 0.25) is 0 Å². The fraction of sp³-hybridized carbons (Fsp3) is 0.250. The molecule has 2 aromatic carbocycles. The lowest BCUT2D eigenvalue weighted by atomic mass is 10.0. The van der Waals surface area contributed by atoms with E-state index in [1.807, 2.05) is 84.6 Å². The summed E-state index contributed by atoms with van der Waals surface area (Å²) in [4.78, 5) is 32.0. The normalized spacial score (nSPS) is 15.6. The number of anilines is 1. The highest BCUT2D eigenvalue weighted by Gasteiger charge is 2.32. The van der Waals surface area contributed by atoms with E-state index in [4.69, 9.17) is 0 Å². The number of thiophene rings is 1. The van der Waals surface area contributed by atoms with Gasteiger partial charge in [-0.15, -0.1) is 11.3 Å². The van der Waals surface area contributed by atoms with Crippen molar-refractivity contribution in [3.8, 4) is 0 Å². The summed E-state index contributed by atoms with van der Waals surface area (Å²) in [5, 5.41) is 3.04. The minimum atomic E-state index is -0.396. The summed E-state index contributed by atoms with van der Waals surface area (Å²) in [7, 11) is 0. The number of benzene rings is 2. The van der Waals surface area contributed by atoms with Gasteiger partial charge in [0.15, 0.2) is 0 Å². The zero-order valence-electron chi connectivity index (χ0n) is 17.0. The van der Waals surface area contributed by atoms with E-state index >= 15 is 0 Å². The first-order valence-electron chi connectivity index (χ1n) is 10.1. The first-order valence-corrected chi connectivity index (χ1v) is 10.9. The van der Waals surface area contributed by atoms with Gasteiger partial charge in [-0.2, -0.15) is 0 Å². The summed E-state index contributed by atoms with van der Waals surface area (Å²) in [6.07, 6.45) is 0. The zero-order chi connectivity index (χ0) is 20.9. The maximum absolute atomic E-state index is 13.2. The van der Waals surface area contributed by atoms with Crippen LogP contribution in [-0.4, -0.2) is 47.8 Å². The second-order valence-electron chi connectivity index (χ2n) is 7.41. The lowest BCUT2D eigenvalue weighted by Crippen LogP contribution is -2.51. The molecule has 30 heavy (non-hydrogen) atoms. The van der Waals surface area contributed by atoms with Gasteiger partial charge >= 0.3 is 0 Å². The van der Waals surface area contributed by atoms with Gasteiger partial charge in [-0.3, -0.25) is 14.5 Å². The Bertz CT molecular complexity index is 996. The van der Waals surface area contributed by atoms with Crippen molar-refractivity contribution >= 4 is 28.8 Å². The highest BCUT2D eigenvalue weighted by Crippen LogP contribution is 2.25. The van der Waals surface area contributed by atoms with Crippen LogP contribution >= 0.6 is 11.3 Å². The fourth-order valence-electron chi connectivity index (χ4n) is 3.78. The number of nitrogens with zero attached hydrogens (tertiary/aromatic N) is 2. The zero-order valence-corrected chi connectivity index (χ0v) is 17.8. The van der Waals surface area contributed by atoms with Gasteiger partial charge in [-0.1, -0.05) is 48.5 Å². The van der Waals surface area contributed by atoms with E-state index in [0.29, 0.717) is 26.2 Å². The number of para-hydroxylation sites is 1. The molecule has 0 aliphatic carbocycles. The number of rotatable bonds is 5. The van der Waals surface area contributed by atoms with Crippen molar-refractivity contribution in [2.45, 2.75) is 13.0 Å². The highest BCUT2D eigenvalue weighted by atomic mass is 32.1. The molecule has 1 atom stereocenters. The van der Waals surface area contributed by atoms with Gasteiger partial charge in [-0.05, 0) is 36.8 Å². The SMILES string of the molecule is Cc1ccc(C(=O)N2CCN(C(C(=O)Nc3ccccc3)c3ccccc3)CC2)s1. The number of piperazine rings is 1. The first kappa shape index (κ1) is 20.3. The van der Waals surface area contributed by atoms with Gasteiger partial charge in [0.1, 0.15) is 6.04 Å². The third-order valence-corrected chi connectivity index (χ3v) is 6.31. The van der Waals surface area contributed by atoms with Crippen molar-refractivity contribution in [2.75, 3.05) is 31.5 Å². The van der Waals surface area contributed by atoms with Gasteiger partial charge in [0.25, 0.3) is 5.91 Å². The van der Waals surface area contributed by atoms with Crippen molar-refractivity contribution in [1.82, 2.24) is 9.80 Å². The number of aryl methyl sites for hydroxylation is 1. The first-order chi connectivity index (χ1) is 14.6. The molecule has 0 radical (unpaired) electrons. The predicted molar refractivity (Wildman–Crippen MR) is 121 cm³/mol. The Hall–Kier alpha value is -2.96. The molecule has 0 saturated carbocycles. The van der Waals surface area contributed by atoms with Crippen molar-refractivity contribution in [2.24, 2.45) is 0 Å². The Morgan fingerprint density at radius 1 is 0.867 bits per heavy atom. The third kappa shape index (κ3) is 4.61. The second-order valence-corrected chi connectivity index (χ2v) is 8.69. The molecule has 0 spiro atoms. The van der Waals surface area contributed by atoms with Gasteiger partial charge in [0.2, 0.25) is 5.91 Å². The summed E-state index contributed by atoms with van der Waals surface area (Å²) in [5.74, 6) is 0.0267. The Morgan fingerprint density at radius 2 is 1.50 bits per heavy atom. The van der Waals surface area contributed by atoms with Crippen molar-refractivity contribution in [3.05, 3.63) is 88.1 Å². The van der Waals surface area contributed by atoms with E-state index in [-0.39, 0.29) is 11.8 Å². The average molecular weight is 420 g/mol. The number of carbonyl (C=O) groups is 2. The van der Waals surface area contributed by atoms with Crippen LogP contribution < -0.4 is 5.32 Å². The molecule has 1 N–H and O–H groups in total. The van der Waals surface area contributed by atoms with Crippen LogP contribution in [-0.2, 0) is 4.79 Å². The van der Waals surface area contributed by atoms with Gasteiger partial charge in [0, 0.05) is 36.7 Å². The van der Waals surface area contributed by atoms with E-state index in [2.05, 4.69) is 10.2 Å². The van der Waals surface area contributed by atoms with E-state index in [9.17, 15) is 9.59 Å². The molecular formula is C24H25N3O2S. The number of nitrogens with one attached hydrogen (secondary N) is 1. The summed E-state index contributed by atoms with van der Waals surface area (Å²) < 4.78 is 0. The maximum Gasteiger partial charge on any atom is 0.264 e. The molecule has 4 rings (SSSR count). The summed E-state index contributed by atoms with van der Waals surface area (Å²) in [6, 6.07) is 22.8. The van der Waals surface area contributed by atoms with E-state index < -0.39 is 6.04 Å². The maximum atomic E-state index is 13.2. The lowest BCUT2D eigenvalue weighted by molar-refractivity contribution is -0.122. The number of carbonyl (C=O) groups excluding carboxylic acids is 2. The lowest BCUT2D eigenvalue weighted by Gasteiger charge is -2.38. The van der Waals surface area contributed by atoms with Crippen LogP contribution in [0.5, 0.6) is 0 Å². The molecule has 6 heteroatoms. The third-order valence-electron chi connectivity index (χ3n) is 5.32. The molecule has 1 aliphatic rings. The smallest absolute Gasteiger partial charge is 0.264 e. The van der Waals surface area contributed by atoms with Crippen molar-refractivity contribution in [1.29, 1.82) is 0 Å². The van der Waals surface area contributed by atoms with E-state index in [0.717, 1.165) is 21.0 Å². The average Bonchev–Trinajstić information content (AvgIpc) is 3.22. The quantitative estimate of drug-likeness (QED) is 0.675. The largest absolute Gasteiger partial charge is 0.335 e. The topological polar surface area (TPSA) is 52.7 Å². The van der Waals surface area contributed by atoms with E-state index in [1.165, 1.54) is 11.3 Å². The minimum Gasteiger partial charge on any atom is -0.335 e. The Labute approximate surface area is 180 Å². The summed E-state index contributed by atoms with van der Waals surface area (Å²) >= 11 is 1.53. The molecule has 2 heterocycles. The molecule has 3 aromatic rings. The van der Waals surface area contributed by atoms with Crippen LogP contribution in [0.1, 0.15) is 26.2 Å². The van der Waals surface area contributed by atoms with Crippen molar-refractivity contribution in [3.63, 3.8) is 0 Å². The van der Waals surface area contributed by atoms with Crippen LogP contribution in [0.4, 0.5) is 5.69 Å². The number of amides is 2. The fourth-order valence-corrected chi connectivity index (χ4v) is 4.62. The van der Waals surface area contributed by atoms with Gasteiger partial charge in [0.05, 0.1) is 4.88 Å². The Balaban J connectivity index is 1.48. The predicted octanol–water partition coefficient (Wildman–Crippen LogP) is 4.19. The highest BCUT2D eigenvalue weighted by molar-refractivity contribution is 7.13. The van der Waals surface area contributed by atoms with Gasteiger partial charge in [-0.25, -0.2) is 0 Å². The van der Waals surface area contributed by atoms with E-state index in [1.54, 1.807) is 0 Å². The Kier molecular flexibility index (Phi) is 6.26. The summed E-state index contributed by atoms with van der Waals surface area (Å²) in [6.45, 7) is 4.53. The molecule has 1 fully saturated rings.